The molecule has 0 bridgehead atoms. The molecule has 0 spiro atoms. The predicted molar refractivity (Wildman–Crippen MR) is 158 cm³/mol. The molecule has 2 aromatic rings. The van der Waals surface area contributed by atoms with Crippen molar-refractivity contribution >= 4 is 34.5 Å². The van der Waals surface area contributed by atoms with Gasteiger partial charge in [-0.05, 0) is 103 Å². The Morgan fingerprint density at radius 1 is 1.05 bits per heavy atom. The lowest BCUT2D eigenvalue weighted by atomic mass is 9.85. The monoisotopic (exact) mass is 560 g/mol. The van der Waals surface area contributed by atoms with Gasteiger partial charge in [0, 0.05) is 42.1 Å². The van der Waals surface area contributed by atoms with Crippen LogP contribution >= 0.6 is 34.5 Å². The zero-order valence-corrected chi connectivity index (χ0v) is 24.3. The number of hydrogen-bond donors (Lipinski definition) is 0. The molecule has 6 heteroatoms. The van der Waals surface area contributed by atoms with Crippen molar-refractivity contribution in [3.63, 3.8) is 0 Å². The van der Waals surface area contributed by atoms with Crippen LogP contribution in [0, 0.1) is 17.8 Å². The average Bonchev–Trinajstić information content (AvgIpc) is 3.67. The van der Waals surface area contributed by atoms with Gasteiger partial charge in [-0.3, -0.25) is 4.90 Å². The van der Waals surface area contributed by atoms with Crippen LogP contribution in [0.15, 0.2) is 47.7 Å². The summed E-state index contributed by atoms with van der Waals surface area (Å²) in [6.07, 6.45) is 11.7. The highest BCUT2D eigenvalue weighted by Gasteiger charge is 2.36. The van der Waals surface area contributed by atoms with E-state index in [1.54, 1.807) is 0 Å². The number of rotatable bonds is 11. The predicted octanol–water partition coefficient (Wildman–Crippen LogP) is 8.13. The second-order valence-corrected chi connectivity index (χ2v) is 13.2. The van der Waals surface area contributed by atoms with E-state index >= 15 is 0 Å². The molecule has 3 aliphatic rings. The van der Waals surface area contributed by atoms with Crippen molar-refractivity contribution in [3.05, 3.63) is 68.9 Å². The lowest BCUT2D eigenvalue weighted by Gasteiger charge is -2.36. The van der Waals surface area contributed by atoms with Gasteiger partial charge in [-0.2, -0.15) is 11.3 Å². The molecule has 1 saturated carbocycles. The lowest BCUT2D eigenvalue weighted by molar-refractivity contribution is 0.00498. The molecule has 37 heavy (non-hydrogen) atoms. The van der Waals surface area contributed by atoms with Crippen LogP contribution in [0.2, 0.25) is 10.0 Å². The van der Waals surface area contributed by atoms with Crippen molar-refractivity contribution in [2.75, 3.05) is 39.3 Å². The Hall–Kier alpha value is -0.880. The van der Waals surface area contributed by atoms with Crippen molar-refractivity contribution in [2.24, 2.45) is 17.8 Å². The van der Waals surface area contributed by atoms with Gasteiger partial charge in [0.25, 0.3) is 0 Å². The number of thiophene rings is 1. The summed E-state index contributed by atoms with van der Waals surface area (Å²) in [5, 5.41) is 6.06. The van der Waals surface area contributed by atoms with Crippen LogP contribution in [-0.2, 0) is 11.3 Å². The highest BCUT2D eigenvalue weighted by molar-refractivity contribution is 7.08. The van der Waals surface area contributed by atoms with Crippen molar-refractivity contribution in [1.29, 1.82) is 0 Å². The van der Waals surface area contributed by atoms with E-state index in [1.807, 2.05) is 29.5 Å². The summed E-state index contributed by atoms with van der Waals surface area (Å²) >= 11 is 14.5. The molecule has 2 saturated heterocycles. The molecular weight excluding hydrogens is 519 g/mol. The summed E-state index contributed by atoms with van der Waals surface area (Å²) in [5.74, 6) is 2.81. The van der Waals surface area contributed by atoms with Gasteiger partial charge in [0.2, 0.25) is 0 Å². The van der Waals surface area contributed by atoms with Gasteiger partial charge in [0.15, 0.2) is 0 Å². The fraction of sp³-hybridized carbons (Fsp3) is 0.613. The Balaban J connectivity index is 1.16. The maximum atomic E-state index is 6.52. The third kappa shape index (κ3) is 7.41. The summed E-state index contributed by atoms with van der Waals surface area (Å²) in [4.78, 5) is 5.34. The zero-order chi connectivity index (χ0) is 25.6. The number of piperidine rings is 1. The molecule has 0 radical (unpaired) electrons. The normalized spacial score (nSPS) is 25.1. The van der Waals surface area contributed by atoms with E-state index in [9.17, 15) is 0 Å². The molecule has 202 valence electrons. The molecule has 1 aromatic heterocycles. The molecule has 3 atom stereocenters. The molecule has 3 heterocycles. The smallest absolute Gasteiger partial charge is 0.0648 e. The van der Waals surface area contributed by atoms with Crippen LogP contribution in [0.5, 0.6) is 0 Å². The summed E-state index contributed by atoms with van der Waals surface area (Å²) in [6, 6.07) is 8.24. The highest BCUT2D eigenvalue weighted by Crippen LogP contribution is 2.38. The van der Waals surface area contributed by atoms with E-state index in [-0.39, 0.29) is 0 Å². The lowest BCUT2D eigenvalue weighted by Crippen LogP contribution is -2.40. The Labute approximate surface area is 237 Å². The summed E-state index contributed by atoms with van der Waals surface area (Å²) in [5.41, 5.74) is 2.68. The van der Waals surface area contributed by atoms with Crippen molar-refractivity contribution in [3.8, 4) is 0 Å². The minimum absolute atomic E-state index is 0.433. The minimum Gasteiger partial charge on any atom is -0.374 e. The second-order valence-electron chi connectivity index (χ2n) is 11.5. The quantitative estimate of drug-likeness (QED) is 0.258. The standard InChI is InChI=1S/C31H42Cl2N2OS/c1-2-14-36-31(24-5-3-4-6-24)16-23-9-12-34(13-10-23)19-27-20-35(21-29(27)26-11-15-37-22-26)18-25-7-8-28(32)17-30(25)33/h2,7-8,11,15,17,22-24,27,29,31H,1,3-6,9-10,12-14,16,18-21H2/t27?,29?,31-/m0/s1. The molecular formula is C31H42Cl2N2OS. The van der Waals surface area contributed by atoms with E-state index in [1.165, 1.54) is 75.7 Å². The van der Waals surface area contributed by atoms with Gasteiger partial charge in [0.1, 0.15) is 0 Å². The summed E-state index contributed by atoms with van der Waals surface area (Å²) in [6.45, 7) is 11.3. The fourth-order valence-corrected chi connectivity index (χ4v) is 8.20. The summed E-state index contributed by atoms with van der Waals surface area (Å²) < 4.78 is 6.29. The van der Waals surface area contributed by atoms with E-state index in [4.69, 9.17) is 27.9 Å². The number of halogens is 2. The van der Waals surface area contributed by atoms with Crippen LogP contribution in [-0.4, -0.2) is 55.2 Å². The molecule has 3 nitrogen and oxygen atoms in total. The molecule has 2 aliphatic heterocycles. The van der Waals surface area contributed by atoms with E-state index in [0.717, 1.165) is 36.5 Å². The van der Waals surface area contributed by atoms with Gasteiger partial charge in [-0.15, -0.1) is 6.58 Å². The van der Waals surface area contributed by atoms with Gasteiger partial charge in [0.05, 0.1) is 12.7 Å². The molecule has 1 aromatic carbocycles. The average molecular weight is 562 g/mol. The Kier molecular flexibility index (Phi) is 10.1. The SMILES string of the molecule is C=CCO[C@@H](CC1CCN(CC2CN(Cc3ccc(Cl)cc3Cl)CC2c2ccsc2)CC1)C1CCCC1. The van der Waals surface area contributed by atoms with E-state index < -0.39 is 0 Å². The third-order valence-corrected chi connectivity index (χ3v) is 10.3. The number of ether oxygens (including phenoxy) is 1. The van der Waals surface area contributed by atoms with Crippen LogP contribution in [0.25, 0.3) is 0 Å². The first-order valence-corrected chi connectivity index (χ1v) is 15.9. The third-order valence-electron chi connectivity index (χ3n) is 9.02. The molecule has 5 rings (SSSR count). The highest BCUT2D eigenvalue weighted by atomic mass is 35.5. The van der Waals surface area contributed by atoms with Crippen LogP contribution < -0.4 is 0 Å². The van der Waals surface area contributed by atoms with Crippen molar-refractivity contribution in [1.82, 2.24) is 9.80 Å². The summed E-state index contributed by atoms with van der Waals surface area (Å²) in [7, 11) is 0. The van der Waals surface area contributed by atoms with Crippen LogP contribution in [0.1, 0.15) is 62.0 Å². The van der Waals surface area contributed by atoms with Crippen LogP contribution in [0.4, 0.5) is 0 Å². The van der Waals surface area contributed by atoms with Crippen molar-refractivity contribution in [2.45, 2.75) is 63.5 Å². The molecule has 3 fully saturated rings. The maximum absolute atomic E-state index is 6.52. The van der Waals surface area contributed by atoms with Crippen molar-refractivity contribution < 1.29 is 4.74 Å². The van der Waals surface area contributed by atoms with E-state index in [0.29, 0.717) is 29.6 Å². The number of benzene rings is 1. The number of nitrogens with zero attached hydrogens (tertiary/aromatic N) is 2. The Morgan fingerprint density at radius 2 is 1.86 bits per heavy atom. The molecule has 1 aliphatic carbocycles. The first-order chi connectivity index (χ1) is 18.1. The molecule has 0 amide bonds. The maximum Gasteiger partial charge on any atom is 0.0648 e. The number of hydrogen-bond acceptors (Lipinski definition) is 4. The van der Waals surface area contributed by atoms with E-state index in [2.05, 4.69) is 39.3 Å². The topological polar surface area (TPSA) is 15.7 Å². The molecule has 2 unspecified atom stereocenters. The Morgan fingerprint density at radius 3 is 2.57 bits per heavy atom. The Bertz CT molecular complexity index is 985. The first-order valence-electron chi connectivity index (χ1n) is 14.2. The fourth-order valence-electron chi connectivity index (χ4n) is 7.01. The first kappa shape index (κ1) is 27.7. The zero-order valence-electron chi connectivity index (χ0n) is 22.0. The minimum atomic E-state index is 0.433. The second kappa shape index (κ2) is 13.5. The number of likely N-dealkylation sites (tertiary alicyclic amines) is 2. The van der Waals surface area contributed by atoms with Gasteiger partial charge < -0.3 is 9.64 Å². The van der Waals surface area contributed by atoms with Crippen LogP contribution in [0.3, 0.4) is 0 Å². The van der Waals surface area contributed by atoms with Gasteiger partial charge >= 0.3 is 0 Å². The molecule has 0 N–H and O–H groups in total. The van der Waals surface area contributed by atoms with Gasteiger partial charge in [-0.1, -0.05) is 48.2 Å². The largest absolute Gasteiger partial charge is 0.374 e. The van der Waals surface area contributed by atoms with Gasteiger partial charge in [-0.25, -0.2) is 0 Å².